The smallest absolute Gasteiger partial charge is 0.251 e. The van der Waals surface area contributed by atoms with Crippen LogP contribution in [0.25, 0.3) is 0 Å². The SMILES string of the molecule is Cc1ccc(C(=O)NCC(=O)NCc2ccc(C3OCCO3)cc2)cc1. The first kappa shape index (κ1) is 18.1. The molecule has 2 amide bonds. The number of amides is 2. The molecular weight excluding hydrogens is 332 g/mol. The molecule has 1 aliphatic heterocycles. The van der Waals surface area contributed by atoms with Gasteiger partial charge in [-0.1, -0.05) is 42.0 Å². The van der Waals surface area contributed by atoms with Gasteiger partial charge in [-0.25, -0.2) is 0 Å². The maximum Gasteiger partial charge on any atom is 0.251 e. The van der Waals surface area contributed by atoms with Crippen molar-refractivity contribution in [3.63, 3.8) is 0 Å². The van der Waals surface area contributed by atoms with Gasteiger partial charge in [0, 0.05) is 17.7 Å². The van der Waals surface area contributed by atoms with E-state index >= 15 is 0 Å². The molecule has 3 rings (SSSR count). The highest BCUT2D eigenvalue weighted by Gasteiger charge is 2.17. The first-order chi connectivity index (χ1) is 12.6. The number of ether oxygens (including phenoxy) is 2. The highest BCUT2D eigenvalue weighted by molar-refractivity contribution is 5.96. The Morgan fingerprint density at radius 3 is 2.27 bits per heavy atom. The Morgan fingerprint density at radius 2 is 1.62 bits per heavy atom. The van der Waals surface area contributed by atoms with Crippen molar-refractivity contribution in [3.05, 3.63) is 70.8 Å². The quantitative estimate of drug-likeness (QED) is 0.833. The molecule has 2 aromatic rings. The van der Waals surface area contributed by atoms with Crippen LogP contribution >= 0.6 is 0 Å². The second-order valence-electron chi connectivity index (χ2n) is 6.14. The average Bonchev–Trinajstić information content (AvgIpc) is 3.20. The number of hydrogen-bond donors (Lipinski definition) is 2. The largest absolute Gasteiger partial charge is 0.350 e. The van der Waals surface area contributed by atoms with Crippen LogP contribution in [0.4, 0.5) is 0 Å². The van der Waals surface area contributed by atoms with Crippen molar-refractivity contribution in [1.29, 1.82) is 0 Å². The minimum absolute atomic E-state index is 0.0610. The van der Waals surface area contributed by atoms with Crippen LogP contribution in [0.1, 0.15) is 33.3 Å². The van der Waals surface area contributed by atoms with E-state index in [1.165, 1.54) is 0 Å². The van der Waals surface area contributed by atoms with Gasteiger partial charge < -0.3 is 20.1 Å². The van der Waals surface area contributed by atoms with Crippen molar-refractivity contribution in [2.24, 2.45) is 0 Å². The summed E-state index contributed by atoms with van der Waals surface area (Å²) >= 11 is 0. The fraction of sp³-hybridized carbons (Fsp3) is 0.300. The summed E-state index contributed by atoms with van der Waals surface area (Å²) in [5.41, 5.74) is 3.54. The van der Waals surface area contributed by atoms with Gasteiger partial charge in [0.1, 0.15) is 0 Å². The molecule has 0 aliphatic carbocycles. The Hall–Kier alpha value is -2.70. The molecule has 0 radical (unpaired) electrons. The molecule has 2 aromatic carbocycles. The van der Waals surface area contributed by atoms with E-state index in [0.717, 1.165) is 16.7 Å². The van der Waals surface area contributed by atoms with Crippen LogP contribution in [0, 0.1) is 6.92 Å². The summed E-state index contributed by atoms with van der Waals surface area (Å²) in [7, 11) is 0. The molecule has 1 aliphatic rings. The summed E-state index contributed by atoms with van der Waals surface area (Å²) < 4.78 is 10.9. The summed E-state index contributed by atoms with van der Waals surface area (Å²) in [5, 5.41) is 5.40. The predicted octanol–water partition coefficient (Wildman–Crippen LogP) is 2.09. The zero-order chi connectivity index (χ0) is 18.4. The lowest BCUT2D eigenvalue weighted by molar-refractivity contribution is -0.120. The van der Waals surface area contributed by atoms with Crippen molar-refractivity contribution in [1.82, 2.24) is 10.6 Å². The first-order valence-corrected chi connectivity index (χ1v) is 8.55. The number of hydrogen-bond acceptors (Lipinski definition) is 4. The van der Waals surface area contributed by atoms with Crippen molar-refractivity contribution in [2.45, 2.75) is 19.8 Å². The third kappa shape index (κ3) is 4.91. The van der Waals surface area contributed by atoms with Gasteiger partial charge >= 0.3 is 0 Å². The Labute approximate surface area is 152 Å². The van der Waals surface area contributed by atoms with Crippen LogP contribution < -0.4 is 10.6 Å². The summed E-state index contributed by atoms with van der Waals surface area (Å²) in [6.45, 7) is 3.50. The maximum atomic E-state index is 12.0. The lowest BCUT2D eigenvalue weighted by atomic mass is 10.1. The fourth-order valence-electron chi connectivity index (χ4n) is 2.57. The third-order valence-corrected chi connectivity index (χ3v) is 4.09. The van der Waals surface area contributed by atoms with E-state index < -0.39 is 0 Å². The molecule has 0 aromatic heterocycles. The molecule has 0 bridgehead atoms. The molecule has 0 atom stereocenters. The van der Waals surface area contributed by atoms with Gasteiger partial charge in [-0.15, -0.1) is 0 Å². The van der Waals surface area contributed by atoms with E-state index in [1.807, 2.05) is 43.3 Å². The number of carbonyl (C=O) groups excluding carboxylic acids is 2. The molecule has 26 heavy (non-hydrogen) atoms. The minimum Gasteiger partial charge on any atom is -0.350 e. The van der Waals surface area contributed by atoms with Crippen LogP contribution in [0.3, 0.4) is 0 Å². The molecule has 0 spiro atoms. The number of nitrogens with one attached hydrogen (secondary N) is 2. The van der Waals surface area contributed by atoms with Crippen LogP contribution in [-0.4, -0.2) is 31.6 Å². The molecule has 6 nitrogen and oxygen atoms in total. The van der Waals surface area contributed by atoms with Crippen molar-refractivity contribution < 1.29 is 19.1 Å². The number of aryl methyl sites for hydroxylation is 1. The molecule has 2 N–H and O–H groups in total. The highest BCUT2D eigenvalue weighted by atomic mass is 16.7. The van der Waals surface area contributed by atoms with Gasteiger partial charge in [0.05, 0.1) is 19.8 Å². The minimum atomic E-state index is -0.296. The lowest BCUT2D eigenvalue weighted by Gasteiger charge is -2.11. The third-order valence-electron chi connectivity index (χ3n) is 4.09. The molecule has 0 saturated carbocycles. The lowest BCUT2D eigenvalue weighted by Crippen LogP contribution is -2.36. The van der Waals surface area contributed by atoms with Gasteiger partial charge in [0.25, 0.3) is 5.91 Å². The first-order valence-electron chi connectivity index (χ1n) is 8.55. The van der Waals surface area contributed by atoms with Gasteiger partial charge in [-0.3, -0.25) is 9.59 Å². The molecule has 6 heteroatoms. The monoisotopic (exact) mass is 354 g/mol. The van der Waals surface area contributed by atoms with E-state index in [4.69, 9.17) is 9.47 Å². The topological polar surface area (TPSA) is 76.7 Å². The Kier molecular flexibility index (Phi) is 5.99. The molecule has 136 valence electrons. The number of carbonyl (C=O) groups is 2. The van der Waals surface area contributed by atoms with Crippen LogP contribution in [0.15, 0.2) is 48.5 Å². The zero-order valence-electron chi connectivity index (χ0n) is 14.7. The van der Waals surface area contributed by atoms with Gasteiger partial charge in [0.15, 0.2) is 6.29 Å². The Bertz CT molecular complexity index is 750. The van der Waals surface area contributed by atoms with E-state index in [2.05, 4.69) is 10.6 Å². The second kappa shape index (κ2) is 8.60. The van der Waals surface area contributed by atoms with E-state index in [0.29, 0.717) is 25.3 Å². The maximum absolute atomic E-state index is 12.0. The van der Waals surface area contributed by atoms with Crippen molar-refractivity contribution in [3.8, 4) is 0 Å². The van der Waals surface area contributed by atoms with Gasteiger partial charge in [0.2, 0.25) is 5.91 Å². The van der Waals surface area contributed by atoms with Gasteiger partial charge in [-0.05, 0) is 24.6 Å². The summed E-state index contributed by atoms with van der Waals surface area (Å²) in [5.74, 6) is -0.502. The zero-order valence-corrected chi connectivity index (χ0v) is 14.7. The van der Waals surface area contributed by atoms with Crippen LogP contribution in [0.2, 0.25) is 0 Å². The van der Waals surface area contributed by atoms with E-state index in [9.17, 15) is 9.59 Å². The molecule has 1 heterocycles. The summed E-state index contributed by atoms with van der Waals surface area (Å²) in [6, 6.07) is 14.9. The molecule has 1 fully saturated rings. The Morgan fingerprint density at radius 1 is 0.962 bits per heavy atom. The van der Waals surface area contributed by atoms with Crippen molar-refractivity contribution >= 4 is 11.8 Å². The summed E-state index contributed by atoms with van der Waals surface area (Å²) in [4.78, 5) is 23.9. The number of rotatable bonds is 6. The number of benzene rings is 2. The highest BCUT2D eigenvalue weighted by Crippen LogP contribution is 2.23. The fourth-order valence-corrected chi connectivity index (χ4v) is 2.57. The molecular formula is C20H22N2O4. The average molecular weight is 354 g/mol. The van der Waals surface area contributed by atoms with E-state index in [1.54, 1.807) is 12.1 Å². The van der Waals surface area contributed by atoms with Crippen molar-refractivity contribution in [2.75, 3.05) is 19.8 Å². The molecule has 0 unspecified atom stereocenters. The molecule has 1 saturated heterocycles. The van der Waals surface area contributed by atoms with Crippen LogP contribution in [0.5, 0.6) is 0 Å². The standard InChI is InChI=1S/C20H22N2O4/c1-14-2-6-16(7-3-14)19(24)22-13-18(23)21-12-15-4-8-17(9-5-15)20-25-10-11-26-20/h2-9,20H,10-13H2,1H3,(H,21,23)(H,22,24). The Balaban J connectivity index is 1.42. The van der Waals surface area contributed by atoms with Gasteiger partial charge in [-0.2, -0.15) is 0 Å². The summed E-state index contributed by atoms with van der Waals surface area (Å²) in [6.07, 6.45) is -0.296. The predicted molar refractivity (Wildman–Crippen MR) is 96.4 cm³/mol. The second-order valence-corrected chi connectivity index (χ2v) is 6.14. The van der Waals surface area contributed by atoms with E-state index in [-0.39, 0.29) is 24.6 Å². The normalized spacial score (nSPS) is 14.2. The van der Waals surface area contributed by atoms with Crippen LogP contribution in [-0.2, 0) is 20.8 Å².